The molecular formula is C21H25N4O3S+. The first kappa shape index (κ1) is 19.5. The van der Waals surface area contributed by atoms with Crippen LogP contribution in [0.1, 0.15) is 0 Å². The molecule has 1 saturated heterocycles. The SMILES string of the molecule is COc1ccc(-c2nn(C[NH+]3CCN(c4ccccc4)CC3)c(=S)o2)cc1OC. The van der Waals surface area contributed by atoms with Crippen LogP contribution in [-0.2, 0) is 6.67 Å². The molecule has 0 spiro atoms. The second kappa shape index (κ2) is 8.67. The van der Waals surface area contributed by atoms with Crippen LogP contribution in [0.4, 0.5) is 5.69 Å². The van der Waals surface area contributed by atoms with Gasteiger partial charge in [-0.3, -0.25) is 0 Å². The van der Waals surface area contributed by atoms with Crippen molar-refractivity contribution in [1.82, 2.24) is 9.78 Å². The van der Waals surface area contributed by atoms with E-state index in [-0.39, 0.29) is 0 Å². The Bertz CT molecular complexity index is 1010. The van der Waals surface area contributed by atoms with Gasteiger partial charge in [-0.1, -0.05) is 18.2 Å². The molecule has 0 bridgehead atoms. The molecule has 1 aliphatic heterocycles. The minimum Gasteiger partial charge on any atom is -0.493 e. The topological polar surface area (TPSA) is 57.1 Å². The molecule has 1 aromatic heterocycles. The van der Waals surface area contributed by atoms with Crippen molar-refractivity contribution >= 4 is 17.9 Å². The van der Waals surface area contributed by atoms with E-state index in [9.17, 15) is 0 Å². The molecular weight excluding hydrogens is 388 g/mol. The summed E-state index contributed by atoms with van der Waals surface area (Å²) in [6.45, 7) is 4.75. The average molecular weight is 414 g/mol. The second-order valence-electron chi connectivity index (χ2n) is 6.97. The number of quaternary nitrogens is 1. The van der Waals surface area contributed by atoms with E-state index in [0.717, 1.165) is 31.7 Å². The number of anilines is 1. The number of benzene rings is 2. The van der Waals surface area contributed by atoms with Crippen LogP contribution in [0.2, 0.25) is 0 Å². The zero-order valence-corrected chi connectivity index (χ0v) is 17.4. The van der Waals surface area contributed by atoms with Gasteiger partial charge in [0.2, 0.25) is 5.89 Å². The van der Waals surface area contributed by atoms with Crippen LogP contribution in [0.5, 0.6) is 11.5 Å². The smallest absolute Gasteiger partial charge is 0.292 e. The lowest BCUT2D eigenvalue weighted by Crippen LogP contribution is -3.14. The van der Waals surface area contributed by atoms with E-state index < -0.39 is 0 Å². The Kier molecular flexibility index (Phi) is 5.82. The van der Waals surface area contributed by atoms with Crippen LogP contribution >= 0.6 is 12.2 Å². The zero-order chi connectivity index (χ0) is 20.2. The van der Waals surface area contributed by atoms with E-state index in [1.165, 1.54) is 10.6 Å². The maximum Gasteiger partial charge on any atom is 0.292 e. The fourth-order valence-electron chi connectivity index (χ4n) is 3.58. The van der Waals surface area contributed by atoms with Crippen molar-refractivity contribution in [3.05, 3.63) is 53.4 Å². The Balaban J connectivity index is 1.44. The van der Waals surface area contributed by atoms with Gasteiger partial charge in [0.25, 0.3) is 4.84 Å². The van der Waals surface area contributed by atoms with Crippen molar-refractivity contribution in [3.63, 3.8) is 0 Å². The highest BCUT2D eigenvalue weighted by atomic mass is 32.1. The summed E-state index contributed by atoms with van der Waals surface area (Å²) in [5, 5.41) is 4.60. The molecule has 0 atom stereocenters. The number of hydrogen-bond donors (Lipinski definition) is 1. The molecule has 1 N–H and O–H groups in total. The van der Waals surface area contributed by atoms with Crippen LogP contribution in [0.15, 0.2) is 52.9 Å². The lowest BCUT2D eigenvalue weighted by molar-refractivity contribution is -0.924. The molecule has 0 aliphatic carbocycles. The van der Waals surface area contributed by atoms with Crippen LogP contribution in [-0.4, -0.2) is 50.2 Å². The molecule has 7 nitrogen and oxygen atoms in total. The summed E-state index contributed by atoms with van der Waals surface area (Å²) in [5.41, 5.74) is 2.08. The number of nitrogens with zero attached hydrogens (tertiary/aromatic N) is 3. The molecule has 0 unspecified atom stereocenters. The largest absolute Gasteiger partial charge is 0.493 e. The highest BCUT2D eigenvalue weighted by molar-refractivity contribution is 7.71. The average Bonchev–Trinajstić information content (AvgIpc) is 3.14. The third-order valence-corrected chi connectivity index (χ3v) is 5.50. The molecule has 3 aromatic rings. The first-order valence-electron chi connectivity index (χ1n) is 9.62. The first-order chi connectivity index (χ1) is 14.2. The second-order valence-corrected chi connectivity index (χ2v) is 7.32. The van der Waals surface area contributed by atoms with E-state index in [4.69, 9.17) is 26.1 Å². The molecule has 0 amide bonds. The molecule has 0 saturated carbocycles. The van der Waals surface area contributed by atoms with Crippen molar-refractivity contribution < 1.29 is 18.8 Å². The summed E-state index contributed by atoms with van der Waals surface area (Å²) in [4.78, 5) is 4.23. The predicted octanol–water partition coefficient (Wildman–Crippen LogP) is 2.25. The molecule has 4 rings (SSSR count). The number of hydrogen-bond acceptors (Lipinski definition) is 6. The quantitative estimate of drug-likeness (QED) is 0.626. The monoisotopic (exact) mass is 413 g/mol. The third-order valence-electron chi connectivity index (χ3n) is 5.20. The Morgan fingerprint density at radius 3 is 2.45 bits per heavy atom. The van der Waals surface area contributed by atoms with Crippen molar-refractivity contribution in [1.29, 1.82) is 0 Å². The summed E-state index contributed by atoms with van der Waals surface area (Å²) < 4.78 is 18.2. The number of piperazine rings is 1. The van der Waals surface area contributed by atoms with Gasteiger partial charge in [-0.25, -0.2) is 0 Å². The van der Waals surface area contributed by atoms with Crippen molar-refractivity contribution in [3.8, 4) is 23.0 Å². The molecule has 1 aliphatic rings. The summed E-state index contributed by atoms with van der Waals surface area (Å²) in [5.74, 6) is 1.77. The number of ether oxygens (including phenoxy) is 2. The van der Waals surface area contributed by atoms with E-state index in [1.807, 2.05) is 24.3 Å². The van der Waals surface area contributed by atoms with Gasteiger partial charge >= 0.3 is 0 Å². The zero-order valence-electron chi connectivity index (χ0n) is 16.6. The van der Waals surface area contributed by atoms with E-state index >= 15 is 0 Å². The molecule has 2 aromatic carbocycles. The Morgan fingerprint density at radius 2 is 1.76 bits per heavy atom. The number of rotatable bonds is 6. The van der Waals surface area contributed by atoms with Gasteiger partial charge in [-0.2, -0.15) is 4.68 Å². The summed E-state index contributed by atoms with van der Waals surface area (Å²) in [6.07, 6.45) is 0. The van der Waals surface area contributed by atoms with Crippen molar-refractivity contribution in [2.24, 2.45) is 0 Å². The fourth-order valence-corrected chi connectivity index (χ4v) is 3.77. The molecule has 1 fully saturated rings. The first-order valence-corrected chi connectivity index (χ1v) is 10.0. The lowest BCUT2D eigenvalue weighted by Gasteiger charge is -2.33. The maximum absolute atomic E-state index is 5.75. The number of para-hydroxylation sites is 1. The maximum atomic E-state index is 5.75. The van der Waals surface area contributed by atoms with Crippen LogP contribution in [0, 0.1) is 4.84 Å². The van der Waals surface area contributed by atoms with E-state index in [1.54, 1.807) is 18.9 Å². The van der Waals surface area contributed by atoms with Gasteiger partial charge in [0.05, 0.1) is 40.4 Å². The van der Waals surface area contributed by atoms with Crippen molar-refractivity contribution in [2.45, 2.75) is 6.67 Å². The van der Waals surface area contributed by atoms with Gasteiger partial charge in [0.1, 0.15) is 0 Å². The number of aromatic nitrogens is 2. The van der Waals surface area contributed by atoms with E-state index in [2.05, 4.69) is 34.3 Å². The predicted molar refractivity (Wildman–Crippen MR) is 113 cm³/mol. The lowest BCUT2D eigenvalue weighted by atomic mass is 10.2. The fraction of sp³-hybridized carbons (Fsp3) is 0.333. The molecule has 2 heterocycles. The Labute approximate surface area is 175 Å². The summed E-state index contributed by atoms with van der Waals surface area (Å²) in [7, 11) is 3.21. The van der Waals surface area contributed by atoms with Crippen LogP contribution in [0.3, 0.4) is 0 Å². The highest BCUT2D eigenvalue weighted by Gasteiger charge is 2.22. The van der Waals surface area contributed by atoms with Gasteiger partial charge in [0, 0.05) is 11.3 Å². The highest BCUT2D eigenvalue weighted by Crippen LogP contribution is 2.31. The van der Waals surface area contributed by atoms with Crippen molar-refractivity contribution in [2.75, 3.05) is 45.3 Å². The summed E-state index contributed by atoms with van der Waals surface area (Å²) >= 11 is 5.41. The molecule has 8 heteroatoms. The minimum atomic E-state index is 0.382. The van der Waals surface area contributed by atoms with Crippen LogP contribution in [0.25, 0.3) is 11.5 Å². The van der Waals surface area contributed by atoms with Crippen LogP contribution < -0.4 is 19.3 Å². The normalized spacial score (nSPS) is 14.8. The van der Waals surface area contributed by atoms with Gasteiger partial charge in [-0.05, 0) is 42.5 Å². The minimum absolute atomic E-state index is 0.382. The molecule has 152 valence electrons. The van der Waals surface area contributed by atoms with E-state index in [0.29, 0.717) is 28.9 Å². The summed E-state index contributed by atoms with van der Waals surface area (Å²) in [6, 6.07) is 16.1. The van der Waals surface area contributed by atoms with Gasteiger partial charge < -0.3 is 23.7 Å². The van der Waals surface area contributed by atoms with Gasteiger partial charge in [-0.15, -0.1) is 5.10 Å². The third kappa shape index (κ3) is 4.28. The number of methoxy groups -OCH3 is 2. The molecule has 0 radical (unpaired) electrons. The number of nitrogens with one attached hydrogen (secondary N) is 1. The van der Waals surface area contributed by atoms with Gasteiger partial charge in [0.15, 0.2) is 18.2 Å². The molecule has 29 heavy (non-hydrogen) atoms. The Morgan fingerprint density at radius 1 is 1.03 bits per heavy atom. The Hall–Kier alpha value is -2.84. The standard InChI is InChI=1S/C21H24N4O3S/c1-26-18-9-8-16(14-19(18)27-2)20-22-25(21(29)28-20)15-23-10-12-24(13-11-23)17-6-4-3-5-7-17/h3-9,14H,10-13,15H2,1-2H3/p+1.